The van der Waals surface area contributed by atoms with Crippen LogP contribution in [-0.4, -0.2) is 11.0 Å². The highest BCUT2D eigenvalue weighted by Gasteiger charge is 2.48. The molecule has 0 bridgehead atoms. The van der Waals surface area contributed by atoms with E-state index < -0.39 is 18.4 Å². The van der Waals surface area contributed by atoms with Crippen molar-refractivity contribution in [2.75, 3.05) is 0 Å². The van der Waals surface area contributed by atoms with E-state index in [1.165, 1.54) is 0 Å². The summed E-state index contributed by atoms with van der Waals surface area (Å²) in [6, 6.07) is 3.26. The third kappa shape index (κ3) is 1.38. The van der Waals surface area contributed by atoms with Crippen LogP contribution < -0.4 is 0 Å². The standard InChI is InChI=1S/C9H7BrF2OS/c10-5-1-2-6(14)7-4(5)3-9(11,12)8(7)13/h1-2,8,13-14H,3H2. The van der Waals surface area contributed by atoms with E-state index in [4.69, 9.17) is 0 Å². The number of hydrogen-bond donors (Lipinski definition) is 2. The van der Waals surface area contributed by atoms with Gasteiger partial charge in [0.15, 0.2) is 0 Å². The van der Waals surface area contributed by atoms with Gasteiger partial charge in [-0.2, -0.15) is 0 Å². The van der Waals surface area contributed by atoms with Crippen molar-refractivity contribution in [3.05, 3.63) is 27.7 Å². The molecule has 2 rings (SSSR count). The van der Waals surface area contributed by atoms with Crippen molar-refractivity contribution in [2.45, 2.75) is 23.3 Å². The van der Waals surface area contributed by atoms with Gasteiger partial charge in [-0.15, -0.1) is 12.6 Å². The summed E-state index contributed by atoms with van der Waals surface area (Å²) in [5.41, 5.74) is 0.697. The fourth-order valence-electron chi connectivity index (χ4n) is 1.65. The van der Waals surface area contributed by atoms with Crippen molar-refractivity contribution in [3.8, 4) is 0 Å². The molecule has 0 fully saturated rings. The zero-order valence-electron chi connectivity index (χ0n) is 6.97. The lowest BCUT2D eigenvalue weighted by atomic mass is 10.1. The van der Waals surface area contributed by atoms with E-state index in [-0.39, 0.29) is 5.56 Å². The fraction of sp³-hybridized carbons (Fsp3) is 0.333. The van der Waals surface area contributed by atoms with Crippen molar-refractivity contribution in [1.29, 1.82) is 0 Å². The molecule has 1 aliphatic rings. The molecule has 76 valence electrons. The Labute approximate surface area is 93.7 Å². The van der Waals surface area contributed by atoms with Crippen LogP contribution in [0.1, 0.15) is 17.2 Å². The van der Waals surface area contributed by atoms with Crippen molar-refractivity contribution in [3.63, 3.8) is 0 Å². The highest BCUT2D eigenvalue weighted by Crippen LogP contribution is 2.47. The van der Waals surface area contributed by atoms with Crippen LogP contribution in [0.25, 0.3) is 0 Å². The van der Waals surface area contributed by atoms with Gasteiger partial charge in [0, 0.05) is 21.4 Å². The van der Waals surface area contributed by atoms with E-state index in [0.717, 1.165) is 0 Å². The molecular formula is C9H7BrF2OS. The number of rotatable bonds is 0. The van der Waals surface area contributed by atoms with E-state index in [2.05, 4.69) is 28.6 Å². The number of aliphatic hydroxyl groups is 1. The minimum atomic E-state index is -3.08. The molecule has 0 heterocycles. The van der Waals surface area contributed by atoms with Gasteiger partial charge in [0.05, 0.1) is 0 Å². The van der Waals surface area contributed by atoms with E-state index in [0.29, 0.717) is 14.9 Å². The van der Waals surface area contributed by atoms with Gasteiger partial charge in [0.1, 0.15) is 6.10 Å². The second kappa shape index (κ2) is 3.18. The number of alkyl halides is 2. The van der Waals surface area contributed by atoms with Crippen molar-refractivity contribution in [2.24, 2.45) is 0 Å². The first-order chi connectivity index (χ1) is 6.43. The lowest BCUT2D eigenvalue weighted by molar-refractivity contribution is -0.0975. The van der Waals surface area contributed by atoms with E-state index in [9.17, 15) is 13.9 Å². The average molecular weight is 281 g/mol. The minimum absolute atomic E-state index is 0.243. The first-order valence-corrected chi connectivity index (χ1v) is 5.23. The lowest BCUT2D eigenvalue weighted by Crippen LogP contribution is -2.21. The van der Waals surface area contributed by atoms with Crippen molar-refractivity contribution < 1.29 is 13.9 Å². The zero-order valence-corrected chi connectivity index (χ0v) is 9.45. The summed E-state index contributed by atoms with van der Waals surface area (Å²) in [5.74, 6) is -3.08. The average Bonchev–Trinajstić information content (AvgIpc) is 2.33. The summed E-state index contributed by atoms with van der Waals surface area (Å²) in [5, 5.41) is 9.39. The fourth-order valence-corrected chi connectivity index (χ4v) is 2.47. The maximum absolute atomic E-state index is 13.2. The quantitative estimate of drug-likeness (QED) is 0.700. The van der Waals surface area contributed by atoms with Gasteiger partial charge in [-0.3, -0.25) is 0 Å². The Hall–Kier alpha value is -0.130. The predicted molar refractivity (Wildman–Crippen MR) is 55.0 cm³/mol. The molecule has 0 aromatic heterocycles. The number of fused-ring (bicyclic) bond motifs is 1. The molecule has 1 unspecified atom stereocenters. The van der Waals surface area contributed by atoms with E-state index in [1.54, 1.807) is 12.1 Å². The number of hydrogen-bond acceptors (Lipinski definition) is 2. The molecule has 0 amide bonds. The first kappa shape index (κ1) is 10.4. The van der Waals surface area contributed by atoms with Gasteiger partial charge in [-0.1, -0.05) is 15.9 Å². The van der Waals surface area contributed by atoms with Gasteiger partial charge in [-0.05, 0) is 17.7 Å². The van der Waals surface area contributed by atoms with Crippen LogP contribution in [0.3, 0.4) is 0 Å². The second-order valence-electron chi connectivity index (χ2n) is 3.30. The van der Waals surface area contributed by atoms with Gasteiger partial charge in [0.25, 0.3) is 5.92 Å². The van der Waals surface area contributed by atoms with Crippen LogP contribution in [0.4, 0.5) is 8.78 Å². The van der Waals surface area contributed by atoms with Crippen LogP contribution in [0.5, 0.6) is 0 Å². The Balaban J connectivity index is 2.64. The molecule has 1 atom stereocenters. The second-order valence-corrected chi connectivity index (χ2v) is 4.64. The SMILES string of the molecule is OC1c2c(S)ccc(Br)c2CC1(F)F. The first-order valence-electron chi connectivity index (χ1n) is 3.99. The van der Waals surface area contributed by atoms with Crippen molar-refractivity contribution >= 4 is 28.6 Å². The van der Waals surface area contributed by atoms with Gasteiger partial charge in [-0.25, -0.2) is 8.78 Å². The van der Waals surface area contributed by atoms with E-state index in [1.807, 2.05) is 0 Å². The molecule has 0 aliphatic heterocycles. The molecular weight excluding hydrogens is 274 g/mol. The topological polar surface area (TPSA) is 20.2 Å². The lowest BCUT2D eigenvalue weighted by Gasteiger charge is -2.13. The highest BCUT2D eigenvalue weighted by molar-refractivity contribution is 9.10. The monoisotopic (exact) mass is 280 g/mol. The Kier molecular flexibility index (Phi) is 2.36. The molecule has 1 nitrogen and oxygen atoms in total. The number of aliphatic hydroxyl groups excluding tert-OH is 1. The maximum Gasteiger partial charge on any atom is 0.281 e. The molecule has 1 aromatic rings. The molecule has 5 heteroatoms. The molecule has 0 saturated heterocycles. The van der Waals surface area contributed by atoms with Crippen LogP contribution >= 0.6 is 28.6 Å². The molecule has 1 N–H and O–H groups in total. The Morgan fingerprint density at radius 2 is 2.14 bits per heavy atom. The number of halogens is 3. The summed E-state index contributed by atoms with van der Waals surface area (Å²) in [4.78, 5) is 0.410. The smallest absolute Gasteiger partial charge is 0.281 e. The molecule has 14 heavy (non-hydrogen) atoms. The number of benzene rings is 1. The minimum Gasteiger partial charge on any atom is -0.382 e. The molecule has 0 spiro atoms. The third-order valence-electron chi connectivity index (χ3n) is 2.36. The van der Waals surface area contributed by atoms with Crippen molar-refractivity contribution in [1.82, 2.24) is 0 Å². The summed E-state index contributed by atoms with van der Waals surface area (Å²) >= 11 is 7.24. The predicted octanol–water partition coefficient (Wildman–Crippen LogP) is 2.96. The highest BCUT2D eigenvalue weighted by atomic mass is 79.9. The number of thiol groups is 1. The Bertz CT molecular complexity index is 395. The molecule has 1 aliphatic carbocycles. The summed E-state index contributed by atoms with van der Waals surface area (Å²) < 4.78 is 27.0. The summed E-state index contributed by atoms with van der Waals surface area (Å²) in [7, 11) is 0. The summed E-state index contributed by atoms with van der Waals surface area (Å²) in [6.07, 6.45) is -2.17. The molecule has 1 aromatic carbocycles. The molecule has 0 saturated carbocycles. The normalized spacial score (nSPS) is 23.6. The van der Waals surface area contributed by atoms with Crippen LogP contribution in [-0.2, 0) is 6.42 Å². The largest absolute Gasteiger partial charge is 0.382 e. The van der Waals surface area contributed by atoms with E-state index >= 15 is 0 Å². The maximum atomic E-state index is 13.2. The van der Waals surface area contributed by atoms with Gasteiger partial charge < -0.3 is 5.11 Å². The Morgan fingerprint density at radius 1 is 1.50 bits per heavy atom. The third-order valence-corrected chi connectivity index (χ3v) is 3.50. The molecule has 0 radical (unpaired) electrons. The van der Waals surface area contributed by atoms with Gasteiger partial charge in [0.2, 0.25) is 0 Å². The van der Waals surface area contributed by atoms with Crippen LogP contribution in [0, 0.1) is 0 Å². The van der Waals surface area contributed by atoms with Crippen LogP contribution in [0.15, 0.2) is 21.5 Å². The summed E-state index contributed by atoms with van der Waals surface area (Å²) in [6.45, 7) is 0. The Morgan fingerprint density at radius 3 is 2.71 bits per heavy atom. The zero-order chi connectivity index (χ0) is 10.5. The van der Waals surface area contributed by atoms with Gasteiger partial charge >= 0.3 is 0 Å². The van der Waals surface area contributed by atoms with Crippen LogP contribution in [0.2, 0.25) is 0 Å².